The summed E-state index contributed by atoms with van der Waals surface area (Å²) in [6, 6.07) is 0.364. The highest BCUT2D eigenvalue weighted by Crippen LogP contribution is 2.17. The van der Waals surface area contributed by atoms with E-state index >= 15 is 0 Å². The minimum Gasteiger partial charge on any atom is -0.378 e. The monoisotopic (exact) mass is 157 g/mol. The summed E-state index contributed by atoms with van der Waals surface area (Å²) in [5.41, 5.74) is 5.88. The van der Waals surface area contributed by atoms with Crippen molar-refractivity contribution < 1.29 is 4.74 Å². The maximum Gasteiger partial charge on any atom is 0.0590 e. The van der Waals surface area contributed by atoms with Gasteiger partial charge in [-0.15, -0.1) is 0 Å². The van der Waals surface area contributed by atoms with E-state index in [1.165, 1.54) is 19.3 Å². The van der Waals surface area contributed by atoms with Crippen molar-refractivity contribution in [3.8, 4) is 0 Å². The fraction of sp³-hybridized carbons (Fsp3) is 1.00. The van der Waals surface area contributed by atoms with Gasteiger partial charge in [-0.1, -0.05) is 13.3 Å². The van der Waals surface area contributed by atoms with Crippen LogP contribution in [-0.2, 0) is 4.74 Å². The Morgan fingerprint density at radius 1 is 1.64 bits per heavy atom. The molecule has 1 unspecified atom stereocenters. The molecule has 0 spiro atoms. The first-order valence-corrected chi connectivity index (χ1v) is 4.70. The molecule has 0 saturated carbocycles. The number of nitrogens with two attached hydrogens (primary N) is 1. The molecule has 0 aromatic heterocycles. The average molecular weight is 157 g/mol. The summed E-state index contributed by atoms with van der Waals surface area (Å²) >= 11 is 0. The normalized spacial score (nSPS) is 27.3. The molecule has 1 aliphatic heterocycles. The first-order valence-electron chi connectivity index (χ1n) is 4.70. The van der Waals surface area contributed by atoms with Crippen LogP contribution in [0.3, 0.4) is 0 Å². The second kappa shape index (κ2) is 4.73. The van der Waals surface area contributed by atoms with Gasteiger partial charge in [-0.25, -0.2) is 0 Å². The van der Waals surface area contributed by atoms with Crippen molar-refractivity contribution in [2.75, 3.05) is 6.61 Å². The highest BCUT2D eigenvalue weighted by atomic mass is 16.5. The summed E-state index contributed by atoms with van der Waals surface area (Å²) in [5, 5.41) is 0. The van der Waals surface area contributed by atoms with Crippen LogP contribution in [0, 0.1) is 0 Å². The van der Waals surface area contributed by atoms with Crippen LogP contribution in [-0.4, -0.2) is 18.8 Å². The van der Waals surface area contributed by atoms with Crippen LogP contribution in [0.25, 0.3) is 0 Å². The van der Waals surface area contributed by atoms with Crippen molar-refractivity contribution in [3.63, 3.8) is 0 Å². The van der Waals surface area contributed by atoms with E-state index in [1.807, 2.05) is 0 Å². The first-order chi connectivity index (χ1) is 5.33. The molecule has 0 bridgehead atoms. The van der Waals surface area contributed by atoms with E-state index in [0.717, 1.165) is 19.4 Å². The van der Waals surface area contributed by atoms with Crippen LogP contribution in [0.15, 0.2) is 0 Å². The molecule has 0 amide bonds. The van der Waals surface area contributed by atoms with Crippen molar-refractivity contribution in [2.24, 2.45) is 5.73 Å². The van der Waals surface area contributed by atoms with Gasteiger partial charge in [0, 0.05) is 12.6 Å². The van der Waals surface area contributed by atoms with Crippen LogP contribution in [0.1, 0.15) is 39.0 Å². The van der Waals surface area contributed by atoms with Crippen molar-refractivity contribution in [1.82, 2.24) is 0 Å². The standard InChI is InChI=1S/C9H19NO/c1-2-4-8(10)7-9-5-3-6-11-9/h8-9H,2-7,10H2,1H3/t8-,9?/m0/s1. The zero-order chi connectivity index (χ0) is 8.10. The Labute approximate surface area is 69.1 Å². The fourth-order valence-corrected chi connectivity index (χ4v) is 1.66. The molecule has 0 aromatic carbocycles. The van der Waals surface area contributed by atoms with Crippen molar-refractivity contribution in [1.29, 1.82) is 0 Å². The second-order valence-corrected chi connectivity index (χ2v) is 3.42. The van der Waals surface area contributed by atoms with Gasteiger partial charge in [0.05, 0.1) is 6.10 Å². The maximum absolute atomic E-state index is 5.88. The summed E-state index contributed by atoms with van der Waals surface area (Å²) in [4.78, 5) is 0. The lowest BCUT2D eigenvalue weighted by Crippen LogP contribution is -2.25. The molecule has 0 aliphatic carbocycles. The van der Waals surface area contributed by atoms with E-state index in [9.17, 15) is 0 Å². The zero-order valence-corrected chi connectivity index (χ0v) is 7.38. The van der Waals surface area contributed by atoms with E-state index in [2.05, 4.69) is 6.92 Å². The predicted molar refractivity (Wildman–Crippen MR) is 46.5 cm³/mol. The second-order valence-electron chi connectivity index (χ2n) is 3.42. The molecule has 0 aromatic rings. The minimum absolute atomic E-state index is 0.364. The first kappa shape index (κ1) is 9.01. The molecule has 66 valence electrons. The summed E-state index contributed by atoms with van der Waals surface area (Å²) in [6.07, 6.45) is 6.30. The van der Waals surface area contributed by atoms with Crippen molar-refractivity contribution >= 4 is 0 Å². The zero-order valence-electron chi connectivity index (χ0n) is 7.38. The van der Waals surface area contributed by atoms with E-state index in [-0.39, 0.29) is 0 Å². The lowest BCUT2D eigenvalue weighted by molar-refractivity contribution is 0.0975. The van der Waals surface area contributed by atoms with Gasteiger partial charge in [0.2, 0.25) is 0 Å². The summed E-state index contributed by atoms with van der Waals surface area (Å²) in [5.74, 6) is 0. The maximum atomic E-state index is 5.88. The van der Waals surface area contributed by atoms with Gasteiger partial charge >= 0.3 is 0 Å². The van der Waals surface area contributed by atoms with Gasteiger partial charge in [0.25, 0.3) is 0 Å². The summed E-state index contributed by atoms with van der Waals surface area (Å²) in [6.45, 7) is 3.12. The largest absolute Gasteiger partial charge is 0.378 e. The highest BCUT2D eigenvalue weighted by molar-refractivity contribution is 4.71. The molecule has 1 saturated heterocycles. The molecule has 1 fully saturated rings. The summed E-state index contributed by atoms with van der Waals surface area (Å²) < 4.78 is 5.49. The number of ether oxygens (including phenoxy) is 1. The quantitative estimate of drug-likeness (QED) is 0.674. The minimum atomic E-state index is 0.364. The van der Waals surface area contributed by atoms with E-state index < -0.39 is 0 Å². The molecule has 2 heteroatoms. The Morgan fingerprint density at radius 2 is 2.45 bits per heavy atom. The fourth-order valence-electron chi connectivity index (χ4n) is 1.66. The van der Waals surface area contributed by atoms with Gasteiger partial charge in [-0.2, -0.15) is 0 Å². The molecule has 2 atom stereocenters. The Bertz CT molecular complexity index is 99.7. The Kier molecular flexibility index (Phi) is 3.87. The molecular weight excluding hydrogens is 138 g/mol. The lowest BCUT2D eigenvalue weighted by atomic mass is 10.0. The van der Waals surface area contributed by atoms with Gasteiger partial charge in [-0.3, -0.25) is 0 Å². The highest BCUT2D eigenvalue weighted by Gasteiger charge is 2.17. The topological polar surface area (TPSA) is 35.2 Å². The van der Waals surface area contributed by atoms with E-state index in [1.54, 1.807) is 0 Å². The van der Waals surface area contributed by atoms with Crippen LogP contribution in [0.5, 0.6) is 0 Å². The van der Waals surface area contributed by atoms with Crippen LogP contribution in [0.4, 0.5) is 0 Å². The molecule has 11 heavy (non-hydrogen) atoms. The molecule has 0 radical (unpaired) electrons. The third-order valence-corrected chi connectivity index (χ3v) is 2.25. The van der Waals surface area contributed by atoms with Gasteiger partial charge < -0.3 is 10.5 Å². The third kappa shape index (κ3) is 3.21. The smallest absolute Gasteiger partial charge is 0.0590 e. The number of rotatable bonds is 4. The number of hydrogen-bond acceptors (Lipinski definition) is 2. The van der Waals surface area contributed by atoms with Crippen molar-refractivity contribution in [3.05, 3.63) is 0 Å². The van der Waals surface area contributed by atoms with Gasteiger partial charge in [0.15, 0.2) is 0 Å². The SMILES string of the molecule is CCC[C@H](N)CC1CCCO1. The average Bonchev–Trinajstić information content (AvgIpc) is 2.40. The van der Waals surface area contributed by atoms with Crippen LogP contribution >= 0.6 is 0 Å². The van der Waals surface area contributed by atoms with Crippen molar-refractivity contribution in [2.45, 2.75) is 51.2 Å². The molecule has 2 N–H and O–H groups in total. The van der Waals surface area contributed by atoms with Crippen LogP contribution < -0.4 is 5.73 Å². The Hall–Kier alpha value is -0.0800. The Morgan fingerprint density at radius 3 is 3.00 bits per heavy atom. The molecule has 1 heterocycles. The van der Waals surface area contributed by atoms with Gasteiger partial charge in [0.1, 0.15) is 0 Å². The van der Waals surface area contributed by atoms with Gasteiger partial charge in [-0.05, 0) is 25.7 Å². The lowest BCUT2D eigenvalue weighted by Gasteiger charge is -2.14. The van der Waals surface area contributed by atoms with E-state index in [4.69, 9.17) is 10.5 Å². The third-order valence-electron chi connectivity index (χ3n) is 2.25. The molecule has 1 rings (SSSR count). The van der Waals surface area contributed by atoms with Crippen LogP contribution in [0.2, 0.25) is 0 Å². The molecular formula is C9H19NO. The predicted octanol–water partition coefficient (Wildman–Crippen LogP) is 1.68. The summed E-state index contributed by atoms with van der Waals surface area (Å²) in [7, 11) is 0. The Balaban J connectivity index is 2.08. The molecule has 2 nitrogen and oxygen atoms in total. The number of hydrogen-bond donors (Lipinski definition) is 1. The molecule has 1 aliphatic rings. The van der Waals surface area contributed by atoms with E-state index in [0.29, 0.717) is 12.1 Å².